The minimum Gasteiger partial charge on any atom is -0.758 e. The second-order valence-electron chi connectivity index (χ2n) is 4.41. The summed E-state index contributed by atoms with van der Waals surface area (Å²) in [6.45, 7) is 1.85. The van der Waals surface area contributed by atoms with Crippen molar-refractivity contribution in [1.82, 2.24) is 9.79 Å². The van der Waals surface area contributed by atoms with Crippen molar-refractivity contribution in [3.05, 3.63) is 34.8 Å². The Morgan fingerprint density at radius 1 is 1.41 bits per heavy atom. The van der Waals surface area contributed by atoms with Crippen LogP contribution < -0.4 is 4.89 Å². The van der Waals surface area contributed by atoms with Gasteiger partial charge >= 0.3 is 5.97 Å². The Morgan fingerprint density at radius 2 is 2.05 bits per heavy atom. The quantitative estimate of drug-likeness (QED) is 0.618. The summed E-state index contributed by atoms with van der Waals surface area (Å²) in [5, 5.41) is 0. The number of hydrogen-bond donors (Lipinski definition) is 1. The van der Waals surface area contributed by atoms with Crippen LogP contribution in [0.25, 0.3) is 0 Å². The summed E-state index contributed by atoms with van der Waals surface area (Å²) < 4.78 is 21.3. The van der Waals surface area contributed by atoms with Crippen LogP contribution in [-0.4, -0.2) is 38.1 Å². The maximum absolute atomic E-state index is 11.3. The van der Waals surface area contributed by atoms with Crippen LogP contribution in [0.5, 0.6) is 0 Å². The molecule has 0 radical (unpaired) electrons. The molecule has 2 rings (SSSR count). The van der Waals surface area contributed by atoms with Gasteiger partial charge in [0.2, 0.25) is 5.91 Å². The highest BCUT2D eigenvalue weighted by Crippen LogP contribution is 2.18. The van der Waals surface area contributed by atoms with Gasteiger partial charge in [0, 0.05) is 17.9 Å². The third-order valence-corrected chi connectivity index (χ3v) is 3.62. The second kappa shape index (κ2) is 9.67. The maximum Gasteiger partial charge on any atom is 0.348 e. The van der Waals surface area contributed by atoms with E-state index < -0.39 is 23.3 Å². The number of halogens is 1. The predicted octanol–water partition coefficient (Wildman–Crippen LogP) is 1.29. The molecule has 0 aliphatic carbocycles. The lowest BCUT2D eigenvalue weighted by molar-refractivity contribution is -0.155. The molecule has 0 saturated carbocycles. The molecule has 9 heteroatoms. The van der Waals surface area contributed by atoms with Crippen molar-refractivity contribution >= 4 is 39.1 Å². The average Bonchev–Trinajstić information content (AvgIpc) is 2.96. The molecule has 1 fully saturated rings. The summed E-state index contributed by atoms with van der Waals surface area (Å²) >= 11 is 0.657. The van der Waals surface area contributed by atoms with Crippen LogP contribution in [0.2, 0.25) is 0 Å². The third-order valence-electron chi connectivity index (χ3n) is 2.87. The Morgan fingerprint density at radius 3 is 2.50 bits per heavy atom. The van der Waals surface area contributed by atoms with E-state index in [4.69, 9.17) is 0 Å². The number of rotatable bonds is 3. The van der Waals surface area contributed by atoms with Crippen LogP contribution in [0.1, 0.15) is 19.8 Å². The number of hydrogen-bond acceptors (Lipinski definition) is 5. The van der Waals surface area contributed by atoms with Gasteiger partial charge in [0.15, 0.2) is 0 Å². The van der Waals surface area contributed by atoms with E-state index in [1.165, 1.54) is 16.7 Å². The third kappa shape index (κ3) is 6.65. The smallest absolute Gasteiger partial charge is 0.348 e. The lowest BCUT2D eigenvalue weighted by Crippen LogP contribution is -2.42. The van der Waals surface area contributed by atoms with Crippen LogP contribution >= 0.6 is 15.9 Å². The molecule has 1 aliphatic heterocycles. The van der Waals surface area contributed by atoms with E-state index >= 15 is 0 Å². The fourth-order valence-corrected chi connectivity index (χ4v) is 2.40. The van der Waals surface area contributed by atoms with Crippen molar-refractivity contribution in [2.24, 2.45) is 0 Å². The fraction of sp³-hybridized carbons (Fsp3) is 0.385. The van der Waals surface area contributed by atoms with Gasteiger partial charge in [-0.2, -0.15) is 0 Å². The first-order valence-electron chi connectivity index (χ1n) is 6.45. The van der Waals surface area contributed by atoms with Gasteiger partial charge in [-0.25, -0.2) is 4.79 Å². The van der Waals surface area contributed by atoms with Gasteiger partial charge in [0.1, 0.15) is 6.04 Å². The molecule has 1 amide bonds. The van der Waals surface area contributed by atoms with Gasteiger partial charge in [-0.1, -0.05) is 39.0 Å². The summed E-state index contributed by atoms with van der Waals surface area (Å²) in [7, 11) is 0. The molecule has 1 N–H and O–H groups in total. The molecule has 1 saturated heterocycles. The van der Waals surface area contributed by atoms with E-state index in [1.54, 1.807) is 0 Å². The Kier molecular flexibility index (Phi) is 8.25. The minimum atomic E-state index is -2.65. The first-order chi connectivity index (χ1) is 10.4. The molecule has 7 nitrogen and oxygen atoms in total. The molecule has 2 unspecified atom stereocenters. The van der Waals surface area contributed by atoms with Crippen molar-refractivity contribution in [3.8, 4) is 0 Å². The lowest BCUT2D eigenvalue weighted by Gasteiger charge is -2.21. The summed E-state index contributed by atoms with van der Waals surface area (Å²) in [6, 6.07) is 9.29. The number of nitrogens with zero attached hydrogens (tertiary/aromatic N) is 1. The molecule has 22 heavy (non-hydrogen) atoms. The van der Waals surface area contributed by atoms with Crippen LogP contribution in [0, 0.1) is 0 Å². The normalized spacial score (nSPS) is 18.1. The predicted molar refractivity (Wildman–Crippen MR) is 82.7 cm³/mol. The summed E-state index contributed by atoms with van der Waals surface area (Å²) in [6.07, 6.45) is 1.20. The minimum absolute atomic E-state index is 0.224. The molecule has 122 valence electrons. The van der Waals surface area contributed by atoms with Crippen LogP contribution in [-0.2, 0) is 25.7 Å². The fourth-order valence-electron chi connectivity index (χ4n) is 1.95. The van der Waals surface area contributed by atoms with Gasteiger partial charge < -0.3 is 14.3 Å². The van der Waals surface area contributed by atoms with Crippen molar-refractivity contribution in [2.75, 3.05) is 6.54 Å². The van der Waals surface area contributed by atoms with Gasteiger partial charge in [0.25, 0.3) is 0 Å². The Bertz CT molecular complexity index is 528. The lowest BCUT2D eigenvalue weighted by atomic mass is 10.2. The standard InChI is InChI=1S/C7H12N2O5S.C6H5Br/c1-5(10)9-4-2-3-6(9)7(11)14-8-15(12)13;7-6-4-2-1-3-5-6/h6,8H,2-4H2,1H3,(H,12,13);1-5H/p-1. The summed E-state index contributed by atoms with van der Waals surface area (Å²) in [4.78, 5) is 29.5. The number of carbonyl (C=O) groups excluding carboxylic acids is 2. The van der Waals surface area contributed by atoms with Gasteiger partial charge in [-0.05, 0) is 25.0 Å². The molecule has 0 spiro atoms. The van der Waals surface area contributed by atoms with E-state index in [-0.39, 0.29) is 5.91 Å². The molecular weight excluding hydrogens is 376 g/mol. The number of carbonyl (C=O) groups is 2. The van der Waals surface area contributed by atoms with Crippen molar-refractivity contribution in [3.63, 3.8) is 0 Å². The number of benzene rings is 1. The second-order valence-corrected chi connectivity index (χ2v) is 5.96. The Balaban J connectivity index is 0.000000287. The van der Waals surface area contributed by atoms with Gasteiger partial charge in [-0.15, -0.1) is 0 Å². The van der Waals surface area contributed by atoms with E-state index in [2.05, 4.69) is 20.8 Å². The molecule has 1 aromatic carbocycles. The Hall–Kier alpha value is -1.29. The number of likely N-dealkylation sites (tertiary alicyclic amines) is 1. The summed E-state index contributed by atoms with van der Waals surface area (Å²) in [5.41, 5.74) is 0. The molecule has 0 aromatic heterocycles. The van der Waals surface area contributed by atoms with Crippen LogP contribution in [0.4, 0.5) is 0 Å². The number of nitrogens with one attached hydrogen (secondary N) is 1. The molecule has 1 aromatic rings. The van der Waals surface area contributed by atoms with E-state index in [1.807, 2.05) is 30.3 Å². The highest BCUT2D eigenvalue weighted by atomic mass is 79.9. The maximum atomic E-state index is 11.3. The molecule has 1 aliphatic rings. The molecular formula is C13H16BrN2O5S-. The molecule has 0 bridgehead atoms. The SMILES string of the molecule is Brc1ccccc1.CC(=O)N1CCCC1C(=O)ONS(=O)[O-]. The van der Waals surface area contributed by atoms with E-state index in [0.717, 1.165) is 4.47 Å². The van der Waals surface area contributed by atoms with Crippen molar-refractivity contribution in [2.45, 2.75) is 25.8 Å². The first-order valence-corrected chi connectivity index (χ1v) is 8.32. The molecule has 2 atom stereocenters. The van der Waals surface area contributed by atoms with Crippen LogP contribution in [0.15, 0.2) is 34.8 Å². The highest BCUT2D eigenvalue weighted by molar-refractivity contribution is 9.10. The average molecular weight is 392 g/mol. The zero-order valence-corrected chi connectivity index (χ0v) is 14.3. The Labute approximate surface area is 139 Å². The van der Waals surface area contributed by atoms with Crippen molar-refractivity contribution < 1.29 is 23.2 Å². The zero-order valence-electron chi connectivity index (χ0n) is 11.9. The number of amides is 1. The zero-order chi connectivity index (χ0) is 16.5. The van der Waals surface area contributed by atoms with Crippen molar-refractivity contribution in [1.29, 1.82) is 0 Å². The first kappa shape index (κ1) is 18.8. The van der Waals surface area contributed by atoms with Crippen LogP contribution in [0.3, 0.4) is 0 Å². The monoisotopic (exact) mass is 391 g/mol. The van der Waals surface area contributed by atoms with E-state index in [9.17, 15) is 18.4 Å². The molecule has 1 heterocycles. The van der Waals surface area contributed by atoms with Gasteiger partial charge in [0.05, 0.1) is 11.3 Å². The van der Waals surface area contributed by atoms with Gasteiger partial charge in [-0.3, -0.25) is 9.00 Å². The highest BCUT2D eigenvalue weighted by Gasteiger charge is 2.33. The van der Waals surface area contributed by atoms with E-state index in [0.29, 0.717) is 19.4 Å². The largest absolute Gasteiger partial charge is 0.758 e. The topological polar surface area (TPSA) is 98.8 Å². The summed E-state index contributed by atoms with van der Waals surface area (Å²) in [5.74, 6) is -0.982.